The lowest BCUT2D eigenvalue weighted by Crippen LogP contribution is -2.36. The molecule has 0 radical (unpaired) electrons. The Morgan fingerprint density at radius 3 is 2.33 bits per heavy atom. The Kier molecular flexibility index (Phi) is 4.41. The Hall–Kier alpha value is -0.860. The monoisotopic (exact) mass is 247 g/mol. The van der Waals surface area contributed by atoms with E-state index in [1.807, 2.05) is 0 Å². The molecular formula is C16H25NO. The van der Waals surface area contributed by atoms with Crippen LogP contribution in [-0.4, -0.2) is 19.3 Å². The van der Waals surface area contributed by atoms with Crippen molar-refractivity contribution in [2.24, 2.45) is 0 Å². The number of benzene rings is 1. The first-order valence-corrected chi connectivity index (χ1v) is 6.99. The van der Waals surface area contributed by atoms with Crippen LogP contribution in [0.5, 0.6) is 0 Å². The molecule has 1 aliphatic heterocycles. The average Bonchev–Trinajstić information content (AvgIpc) is 2.35. The summed E-state index contributed by atoms with van der Waals surface area (Å²) in [7, 11) is 0. The summed E-state index contributed by atoms with van der Waals surface area (Å²) < 4.78 is 5.41. The maximum absolute atomic E-state index is 5.41. The molecule has 1 unspecified atom stereocenters. The zero-order valence-electron chi connectivity index (χ0n) is 12.0. The van der Waals surface area contributed by atoms with Gasteiger partial charge in [-0.05, 0) is 62.8 Å². The Morgan fingerprint density at radius 2 is 1.67 bits per heavy atom. The predicted octanol–water partition coefficient (Wildman–Crippen LogP) is 3.44. The number of hydrogen-bond donors (Lipinski definition) is 1. The largest absolute Gasteiger partial charge is 0.381 e. The van der Waals surface area contributed by atoms with Crippen LogP contribution in [0, 0.1) is 20.8 Å². The van der Waals surface area contributed by atoms with E-state index < -0.39 is 0 Å². The summed E-state index contributed by atoms with van der Waals surface area (Å²) in [6.07, 6.45) is 2.27. The summed E-state index contributed by atoms with van der Waals surface area (Å²) >= 11 is 0. The van der Waals surface area contributed by atoms with Gasteiger partial charge in [0.2, 0.25) is 0 Å². The van der Waals surface area contributed by atoms with Gasteiger partial charge >= 0.3 is 0 Å². The van der Waals surface area contributed by atoms with Crippen LogP contribution in [0.2, 0.25) is 0 Å². The molecule has 0 bridgehead atoms. The summed E-state index contributed by atoms with van der Waals surface area (Å²) in [5, 5.41) is 3.74. The Morgan fingerprint density at radius 1 is 1.06 bits per heavy atom. The predicted molar refractivity (Wildman–Crippen MR) is 76.0 cm³/mol. The van der Waals surface area contributed by atoms with Gasteiger partial charge in [0.1, 0.15) is 0 Å². The Balaban J connectivity index is 2.08. The van der Waals surface area contributed by atoms with Gasteiger partial charge in [0.05, 0.1) is 0 Å². The smallest absolute Gasteiger partial charge is 0.0480 e. The maximum Gasteiger partial charge on any atom is 0.0480 e. The van der Waals surface area contributed by atoms with Crippen LogP contribution < -0.4 is 5.32 Å². The normalized spacial score (nSPS) is 18.9. The van der Waals surface area contributed by atoms with E-state index in [0.717, 1.165) is 26.1 Å². The molecule has 0 saturated carbocycles. The van der Waals surface area contributed by atoms with Crippen LogP contribution in [0.3, 0.4) is 0 Å². The molecule has 1 aromatic rings. The summed E-state index contributed by atoms with van der Waals surface area (Å²) in [6.45, 7) is 10.7. The molecule has 1 aliphatic rings. The molecule has 0 aliphatic carbocycles. The quantitative estimate of drug-likeness (QED) is 0.883. The molecular weight excluding hydrogens is 222 g/mol. The fourth-order valence-electron chi connectivity index (χ4n) is 2.76. The molecule has 0 spiro atoms. The van der Waals surface area contributed by atoms with Crippen molar-refractivity contribution in [3.05, 3.63) is 34.4 Å². The first-order chi connectivity index (χ1) is 8.58. The molecule has 2 heteroatoms. The number of ether oxygens (including phenoxy) is 1. The van der Waals surface area contributed by atoms with Gasteiger partial charge in [-0.2, -0.15) is 0 Å². The maximum atomic E-state index is 5.41. The second-order valence-electron chi connectivity index (χ2n) is 5.57. The van der Waals surface area contributed by atoms with Crippen LogP contribution in [-0.2, 0) is 4.74 Å². The summed E-state index contributed by atoms with van der Waals surface area (Å²) in [4.78, 5) is 0. The van der Waals surface area contributed by atoms with Crippen molar-refractivity contribution in [3.8, 4) is 0 Å². The van der Waals surface area contributed by atoms with Crippen molar-refractivity contribution in [2.75, 3.05) is 13.2 Å². The van der Waals surface area contributed by atoms with E-state index >= 15 is 0 Å². The van der Waals surface area contributed by atoms with Crippen molar-refractivity contribution < 1.29 is 4.74 Å². The van der Waals surface area contributed by atoms with E-state index in [-0.39, 0.29) is 0 Å². The molecule has 1 aromatic carbocycles. The molecule has 100 valence electrons. The second-order valence-corrected chi connectivity index (χ2v) is 5.57. The SMILES string of the molecule is Cc1cc(C)c(C(C)NC2CCOCC2)cc1C. The van der Waals surface area contributed by atoms with Crippen LogP contribution in [0.1, 0.15) is 48.1 Å². The van der Waals surface area contributed by atoms with E-state index in [9.17, 15) is 0 Å². The number of nitrogens with one attached hydrogen (secondary N) is 1. The molecule has 18 heavy (non-hydrogen) atoms. The van der Waals surface area contributed by atoms with E-state index in [0.29, 0.717) is 12.1 Å². The first-order valence-electron chi connectivity index (χ1n) is 6.99. The third kappa shape index (κ3) is 3.12. The molecule has 2 rings (SSSR count). The first kappa shape index (κ1) is 13.6. The van der Waals surface area contributed by atoms with Gasteiger partial charge in [0, 0.05) is 25.3 Å². The molecule has 1 N–H and O–H groups in total. The average molecular weight is 247 g/mol. The highest BCUT2D eigenvalue weighted by Crippen LogP contribution is 2.23. The van der Waals surface area contributed by atoms with Gasteiger partial charge in [-0.25, -0.2) is 0 Å². The van der Waals surface area contributed by atoms with Crippen LogP contribution in [0.25, 0.3) is 0 Å². The van der Waals surface area contributed by atoms with Gasteiger partial charge in [-0.15, -0.1) is 0 Å². The lowest BCUT2D eigenvalue weighted by atomic mass is 9.95. The molecule has 2 nitrogen and oxygen atoms in total. The topological polar surface area (TPSA) is 21.3 Å². The fraction of sp³-hybridized carbons (Fsp3) is 0.625. The summed E-state index contributed by atoms with van der Waals surface area (Å²) in [5.74, 6) is 0. The van der Waals surface area contributed by atoms with Crippen molar-refractivity contribution in [2.45, 2.75) is 52.6 Å². The zero-order chi connectivity index (χ0) is 13.1. The Labute approximate surface area is 111 Å². The van der Waals surface area contributed by atoms with E-state index in [1.165, 1.54) is 22.3 Å². The van der Waals surface area contributed by atoms with E-state index in [2.05, 4.69) is 45.1 Å². The summed E-state index contributed by atoms with van der Waals surface area (Å²) in [5.41, 5.74) is 5.60. The number of aryl methyl sites for hydroxylation is 3. The third-order valence-corrected chi connectivity index (χ3v) is 4.06. The van der Waals surface area contributed by atoms with Crippen LogP contribution >= 0.6 is 0 Å². The van der Waals surface area contributed by atoms with Gasteiger partial charge in [-0.3, -0.25) is 0 Å². The minimum atomic E-state index is 0.424. The molecule has 1 atom stereocenters. The number of rotatable bonds is 3. The fourth-order valence-corrected chi connectivity index (χ4v) is 2.76. The van der Waals surface area contributed by atoms with E-state index in [4.69, 9.17) is 4.74 Å². The van der Waals surface area contributed by atoms with Gasteiger partial charge in [0.25, 0.3) is 0 Å². The van der Waals surface area contributed by atoms with Crippen LogP contribution in [0.4, 0.5) is 0 Å². The van der Waals surface area contributed by atoms with Gasteiger partial charge in [-0.1, -0.05) is 12.1 Å². The highest BCUT2D eigenvalue weighted by molar-refractivity contribution is 5.38. The molecule has 1 fully saturated rings. The van der Waals surface area contributed by atoms with Crippen molar-refractivity contribution in [1.29, 1.82) is 0 Å². The minimum Gasteiger partial charge on any atom is -0.381 e. The lowest BCUT2D eigenvalue weighted by molar-refractivity contribution is 0.0754. The van der Waals surface area contributed by atoms with Crippen molar-refractivity contribution in [1.82, 2.24) is 5.32 Å². The lowest BCUT2D eigenvalue weighted by Gasteiger charge is -2.28. The van der Waals surface area contributed by atoms with Crippen LogP contribution in [0.15, 0.2) is 12.1 Å². The highest BCUT2D eigenvalue weighted by Gasteiger charge is 2.17. The zero-order valence-corrected chi connectivity index (χ0v) is 12.0. The third-order valence-electron chi connectivity index (χ3n) is 4.06. The van der Waals surface area contributed by atoms with Gasteiger partial charge < -0.3 is 10.1 Å². The molecule has 0 amide bonds. The van der Waals surface area contributed by atoms with Crippen molar-refractivity contribution >= 4 is 0 Å². The number of hydrogen-bond acceptors (Lipinski definition) is 2. The van der Waals surface area contributed by atoms with Gasteiger partial charge in [0.15, 0.2) is 0 Å². The summed E-state index contributed by atoms with van der Waals surface area (Å²) in [6, 6.07) is 5.66. The molecule has 1 saturated heterocycles. The Bertz CT molecular complexity index is 408. The molecule has 0 aromatic heterocycles. The highest BCUT2D eigenvalue weighted by atomic mass is 16.5. The van der Waals surface area contributed by atoms with Crippen molar-refractivity contribution in [3.63, 3.8) is 0 Å². The second kappa shape index (κ2) is 5.85. The minimum absolute atomic E-state index is 0.424. The molecule has 1 heterocycles. The standard InChI is InChI=1S/C16H25NO/c1-11-9-13(3)16(10-12(11)2)14(4)17-15-5-7-18-8-6-15/h9-10,14-15,17H,5-8H2,1-4H3. The van der Waals surface area contributed by atoms with E-state index in [1.54, 1.807) is 0 Å².